The molecule has 0 saturated carbocycles. The predicted octanol–water partition coefficient (Wildman–Crippen LogP) is 2.83. The molecule has 1 rings (SSSR count). The fraction of sp³-hybridized carbons (Fsp3) is 0.417. The maximum Gasteiger partial charge on any atom is 0.242 e. The van der Waals surface area contributed by atoms with E-state index in [1.165, 1.54) is 6.07 Å². The minimum absolute atomic E-state index is 0.102. The number of aryl methyl sites for hydroxylation is 1. The van der Waals surface area contributed by atoms with Crippen molar-refractivity contribution in [2.75, 3.05) is 11.9 Å². The van der Waals surface area contributed by atoms with E-state index in [0.29, 0.717) is 16.7 Å². The average molecular weight is 303 g/mol. The Kier molecular flexibility index (Phi) is 4.93. The lowest BCUT2D eigenvalue weighted by Crippen LogP contribution is -2.37. The third-order valence-electron chi connectivity index (χ3n) is 2.38. The SMILES string of the molecule is CCNC(=O)C(C)Nc1cc(F)c(Br)cc1C. The van der Waals surface area contributed by atoms with Crippen LogP contribution in [0.5, 0.6) is 0 Å². The first kappa shape index (κ1) is 14.0. The van der Waals surface area contributed by atoms with Gasteiger partial charge in [0.2, 0.25) is 5.91 Å². The lowest BCUT2D eigenvalue weighted by molar-refractivity contribution is -0.121. The van der Waals surface area contributed by atoms with Crippen LogP contribution in [-0.4, -0.2) is 18.5 Å². The van der Waals surface area contributed by atoms with Crippen LogP contribution < -0.4 is 10.6 Å². The molecule has 0 fully saturated rings. The molecule has 0 bridgehead atoms. The molecular formula is C12H16BrFN2O. The summed E-state index contributed by atoms with van der Waals surface area (Å²) in [6.07, 6.45) is 0. The molecule has 1 atom stereocenters. The predicted molar refractivity (Wildman–Crippen MR) is 70.6 cm³/mol. The van der Waals surface area contributed by atoms with Crippen molar-refractivity contribution in [2.24, 2.45) is 0 Å². The van der Waals surface area contributed by atoms with Crippen LogP contribution in [0.1, 0.15) is 19.4 Å². The number of nitrogens with one attached hydrogen (secondary N) is 2. The molecule has 1 unspecified atom stereocenters. The van der Waals surface area contributed by atoms with Crippen LogP contribution in [0, 0.1) is 12.7 Å². The zero-order valence-electron chi connectivity index (χ0n) is 10.1. The van der Waals surface area contributed by atoms with E-state index in [9.17, 15) is 9.18 Å². The van der Waals surface area contributed by atoms with E-state index in [-0.39, 0.29) is 11.7 Å². The van der Waals surface area contributed by atoms with E-state index in [0.717, 1.165) is 5.56 Å². The van der Waals surface area contributed by atoms with Gasteiger partial charge >= 0.3 is 0 Å². The van der Waals surface area contributed by atoms with Crippen LogP contribution in [-0.2, 0) is 4.79 Å². The summed E-state index contributed by atoms with van der Waals surface area (Å²) >= 11 is 3.12. The first-order valence-electron chi connectivity index (χ1n) is 5.45. The Labute approximate surface area is 109 Å². The van der Waals surface area contributed by atoms with Crippen LogP contribution in [0.15, 0.2) is 16.6 Å². The van der Waals surface area contributed by atoms with Gasteiger partial charge in [-0.25, -0.2) is 4.39 Å². The van der Waals surface area contributed by atoms with Gasteiger partial charge in [-0.1, -0.05) is 0 Å². The number of likely N-dealkylation sites (N-methyl/N-ethyl adjacent to an activating group) is 1. The van der Waals surface area contributed by atoms with Gasteiger partial charge in [-0.2, -0.15) is 0 Å². The molecule has 0 radical (unpaired) electrons. The molecule has 0 aliphatic heterocycles. The Morgan fingerprint density at radius 1 is 1.53 bits per heavy atom. The van der Waals surface area contributed by atoms with Crippen LogP contribution in [0.2, 0.25) is 0 Å². The molecule has 0 heterocycles. The van der Waals surface area contributed by atoms with Crippen LogP contribution in [0.3, 0.4) is 0 Å². The number of hydrogen-bond donors (Lipinski definition) is 2. The average Bonchev–Trinajstić information content (AvgIpc) is 2.26. The molecular weight excluding hydrogens is 287 g/mol. The van der Waals surface area contributed by atoms with E-state index in [4.69, 9.17) is 0 Å². The van der Waals surface area contributed by atoms with Crippen molar-refractivity contribution < 1.29 is 9.18 Å². The molecule has 3 nitrogen and oxygen atoms in total. The smallest absolute Gasteiger partial charge is 0.242 e. The third kappa shape index (κ3) is 3.70. The Morgan fingerprint density at radius 2 is 2.18 bits per heavy atom. The number of amides is 1. The Hall–Kier alpha value is -1.10. The number of anilines is 1. The second-order valence-electron chi connectivity index (χ2n) is 3.84. The summed E-state index contributed by atoms with van der Waals surface area (Å²) in [5.74, 6) is -0.448. The number of benzene rings is 1. The van der Waals surface area contributed by atoms with E-state index in [2.05, 4.69) is 26.6 Å². The molecule has 0 aliphatic rings. The van der Waals surface area contributed by atoms with Crippen LogP contribution in [0.4, 0.5) is 10.1 Å². The monoisotopic (exact) mass is 302 g/mol. The van der Waals surface area contributed by atoms with Gasteiger partial charge in [0.25, 0.3) is 0 Å². The normalized spacial score (nSPS) is 12.1. The van der Waals surface area contributed by atoms with Crippen molar-refractivity contribution in [1.29, 1.82) is 0 Å². The maximum atomic E-state index is 13.4. The van der Waals surface area contributed by atoms with E-state index in [1.54, 1.807) is 13.0 Å². The largest absolute Gasteiger partial charge is 0.374 e. The van der Waals surface area contributed by atoms with Crippen LogP contribution in [0.25, 0.3) is 0 Å². The fourth-order valence-electron chi connectivity index (χ4n) is 1.43. The van der Waals surface area contributed by atoms with Gasteiger partial charge in [0, 0.05) is 12.2 Å². The third-order valence-corrected chi connectivity index (χ3v) is 2.99. The zero-order valence-corrected chi connectivity index (χ0v) is 11.7. The molecule has 17 heavy (non-hydrogen) atoms. The molecule has 0 aliphatic carbocycles. The number of carbonyl (C=O) groups is 1. The highest BCUT2D eigenvalue weighted by atomic mass is 79.9. The summed E-state index contributed by atoms with van der Waals surface area (Å²) in [4.78, 5) is 11.5. The number of rotatable bonds is 4. The van der Waals surface area contributed by atoms with Gasteiger partial charge in [-0.3, -0.25) is 4.79 Å². The van der Waals surface area contributed by atoms with Crippen LogP contribution >= 0.6 is 15.9 Å². The van der Waals surface area contributed by atoms with Crippen molar-refractivity contribution in [3.63, 3.8) is 0 Å². The standard InChI is InChI=1S/C12H16BrFN2O/c1-4-15-12(17)8(3)16-11-6-10(14)9(13)5-7(11)2/h5-6,8,16H,4H2,1-3H3,(H,15,17). The topological polar surface area (TPSA) is 41.1 Å². The van der Waals surface area contributed by atoms with Gasteiger partial charge in [-0.05, 0) is 54.4 Å². The molecule has 1 aromatic rings. The quantitative estimate of drug-likeness (QED) is 0.898. The molecule has 1 aromatic carbocycles. The molecule has 5 heteroatoms. The zero-order chi connectivity index (χ0) is 13.0. The van der Waals surface area contributed by atoms with Crippen molar-refractivity contribution in [1.82, 2.24) is 5.32 Å². The number of halogens is 2. The lowest BCUT2D eigenvalue weighted by Gasteiger charge is -2.16. The lowest BCUT2D eigenvalue weighted by atomic mass is 10.1. The molecule has 0 spiro atoms. The van der Waals surface area contributed by atoms with Gasteiger partial charge in [0.1, 0.15) is 11.9 Å². The highest BCUT2D eigenvalue weighted by Gasteiger charge is 2.13. The van der Waals surface area contributed by atoms with E-state index < -0.39 is 6.04 Å². The summed E-state index contributed by atoms with van der Waals surface area (Å²) in [6, 6.07) is 2.67. The summed E-state index contributed by atoms with van der Waals surface area (Å²) in [5, 5.41) is 5.70. The summed E-state index contributed by atoms with van der Waals surface area (Å²) < 4.78 is 13.8. The second kappa shape index (κ2) is 6.00. The second-order valence-corrected chi connectivity index (χ2v) is 4.70. The minimum Gasteiger partial charge on any atom is -0.374 e. The highest BCUT2D eigenvalue weighted by Crippen LogP contribution is 2.24. The minimum atomic E-state index is -0.394. The fourth-order valence-corrected chi connectivity index (χ4v) is 1.89. The maximum absolute atomic E-state index is 13.4. The summed E-state index contributed by atoms with van der Waals surface area (Å²) in [6.45, 7) is 6.04. The first-order valence-corrected chi connectivity index (χ1v) is 6.25. The van der Waals surface area contributed by atoms with Gasteiger partial charge < -0.3 is 10.6 Å². The van der Waals surface area contributed by atoms with E-state index >= 15 is 0 Å². The molecule has 0 aromatic heterocycles. The Morgan fingerprint density at radius 3 is 2.76 bits per heavy atom. The van der Waals surface area contributed by atoms with Crippen molar-refractivity contribution in [3.8, 4) is 0 Å². The van der Waals surface area contributed by atoms with Crippen molar-refractivity contribution in [2.45, 2.75) is 26.8 Å². The van der Waals surface area contributed by atoms with Gasteiger partial charge in [0.05, 0.1) is 4.47 Å². The molecule has 2 N–H and O–H groups in total. The first-order chi connectivity index (χ1) is 7.95. The number of hydrogen-bond acceptors (Lipinski definition) is 2. The molecule has 0 saturated heterocycles. The summed E-state index contributed by atoms with van der Waals surface area (Å²) in [7, 11) is 0. The summed E-state index contributed by atoms with van der Waals surface area (Å²) in [5.41, 5.74) is 1.51. The number of carbonyl (C=O) groups excluding carboxylic acids is 1. The molecule has 1 amide bonds. The molecule has 94 valence electrons. The van der Waals surface area contributed by atoms with Gasteiger partial charge in [0.15, 0.2) is 0 Å². The van der Waals surface area contributed by atoms with Crippen molar-refractivity contribution in [3.05, 3.63) is 28.0 Å². The Bertz CT molecular complexity index is 423. The Balaban J connectivity index is 2.81. The van der Waals surface area contributed by atoms with Crippen molar-refractivity contribution >= 4 is 27.5 Å². The van der Waals surface area contributed by atoms with E-state index in [1.807, 2.05) is 13.8 Å². The highest BCUT2D eigenvalue weighted by molar-refractivity contribution is 9.10. The van der Waals surface area contributed by atoms with Gasteiger partial charge in [-0.15, -0.1) is 0 Å².